The zero-order chi connectivity index (χ0) is 13.2. The Kier molecular flexibility index (Phi) is 4.11. The summed E-state index contributed by atoms with van der Waals surface area (Å²) in [5.41, 5.74) is 1.18. The third kappa shape index (κ3) is 3.12. The summed E-state index contributed by atoms with van der Waals surface area (Å²) in [5.74, 6) is 0. The summed E-state index contributed by atoms with van der Waals surface area (Å²) in [6, 6.07) is 1.74. The van der Waals surface area contributed by atoms with E-state index >= 15 is 0 Å². The average Bonchev–Trinajstić information content (AvgIpc) is 2.74. The zero-order valence-electron chi connectivity index (χ0n) is 10.8. The summed E-state index contributed by atoms with van der Waals surface area (Å²) < 4.78 is 27.4. The van der Waals surface area contributed by atoms with Crippen LogP contribution in [0.1, 0.15) is 31.7 Å². The van der Waals surface area contributed by atoms with E-state index in [9.17, 15) is 8.42 Å². The van der Waals surface area contributed by atoms with Gasteiger partial charge < -0.3 is 5.32 Å². The maximum absolute atomic E-state index is 12.1. The van der Waals surface area contributed by atoms with Crippen molar-refractivity contribution in [3.05, 3.63) is 17.0 Å². The van der Waals surface area contributed by atoms with Crippen molar-refractivity contribution in [2.75, 3.05) is 13.6 Å². The molecule has 0 saturated heterocycles. The van der Waals surface area contributed by atoms with Gasteiger partial charge in [-0.3, -0.25) is 0 Å². The quantitative estimate of drug-likeness (QED) is 0.841. The Balaban J connectivity index is 2.00. The maximum atomic E-state index is 12.1. The molecule has 0 radical (unpaired) electrons. The van der Waals surface area contributed by atoms with Crippen LogP contribution in [-0.4, -0.2) is 22.0 Å². The van der Waals surface area contributed by atoms with Crippen LogP contribution in [0.2, 0.25) is 0 Å². The first kappa shape index (κ1) is 14.0. The van der Waals surface area contributed by atoms with Gasteiger partial charge in [-0.05, 0) is 42.3 Å². The van der Waals surface area contributed by atoms with Crippen LogP contribution < -0.4 is 10.0 Å². The lowest BCUT2D eigenvalue weighted by molar-refractivity contribution is 0.166. The number of hydrogen-bond donors (Lipinski definition) is 2. The molecular formula is C12H20N2O2S2. The Morgan fingerprint density at radius 3 is 2.72 bits per heavy atom. The lowest BCUT2D eigenvalue weighted by Gasteiger charge is -2.38. The van der Waals surface area contributed by atoms with Gasteiger partial charge in [0.05, 0.1) is 0 Å². The molecule has 0 unspecified atom stereocenters. The second kappa shape index (κ2) is 5.28. The summed E-state index contributed by atoms with van der Waals surface area (Å²) in [5, 5.41) is 4.90. The first-order valence-electron chi connectivity index (χ1n) is 6.17. The van der Waals surface area contributed by atoms with Crippen molar-refractivity contribution in [3.63, 3.8) is 0 Å². The smallest absolute Gasteiger partial charge is 0.250 e. The summed E-state index contributed by atoms with van der Waals surface area (Å²) in [6.45, 7) is 3.39. The van der Waals surface area contributed by atoms with Gasteiger partial charge in [0.1, 0.15) is 4.21 Å². The number of hydrogen-bond acceptors (Lipinski definition) is 4. The molecule has 1 aliphatic rings. The molecule has 1 heterocycles. The lowest BCUT2D eigenvalue weighted by Crippen LogP contribution is -2.39. The minimum Gasteiger partial charge on any atom is -0.316 e. The van der Waals surface area contributed by atoms with Crippen molar-refractivity contribution >= 4 is 21.4 Å². The van der Waals surface area contributed by atoms with Gasteiger partial charge >= 0.3 is 0 Å². The lowest BCUT2D eigenvalue weighted by atomic mass is 9.71. The van der Waals surface area contributed by atoms with Gasteiger partial charge in [-0.25, -0.2) is 13.1 Å². The SMILES string of the molecule is CNCc1csc(S(=O)(=O)NCC2(C)CCC2)c1. The molecule has 0 spiro atoms. The molecule has 1 aliphatic carbocycles. The summed E-state index contributed by atoms with van der Waals surface area (Å²) >= 11 is 1.28. The molecule has 2 rings (SSSR count). The molecular weight excluding hydrogens is 268 g/mol. The monoisotopic (exact) mass is 288 g/mol. The van der Waals surface area contributed by atoms with Gasteiger partial charge in [0.25, 0.3) is 0 Å². The molecule has 0 aliphatic heterocycles. The van der Waals surface area contributed by atoms with Gasteiger partial charge in [0, 0.05) is 13.1 Å². The van der Waals surface area contributed by atoms with Gasteiger partial charge in [0.15, 0.2) is 0 Å². The van der Waals surface area contributed by atoms with Crippen molar-refractivity contribution in [2.45, 2.75) is 36.9 Å². The van der Waals surface area contributed by atoms with E-state index in [-0.39, 0.29) is 5.41 Å². The Morgan fingerprint density at radius 1 is 1.44 bits per heavy atom. The minimum atomic E-state index is -3.33. The maximum Gasteiger partial charge on any atom is 0.250 e. The van der Waals surface area contributed by atoms with E-state index in [1.165, 1.54) is 17.8 Å². The topological polar surface area (TPSA) is 58.2 Å². The fraction of sp³-hybridized carbons (Fsp3) is 0.667. The molecule has 18 heavy (non-hydrogen) atoms. The van der Waals surface area contributed by atoms with Crippen LogP contribution >= 0.6 is 11.3 Å². The predicted molar refractivity (Wildman–Crippen MR) is 74.2 cm³/mol. The molecule has 1 saturated carbocycles. The van der Waals surface area contributed by atoms with Crippen LogP contribution in [0.5, 0.6) is 0 Å². The molecule has 0 atom stereocenters. The van der Waals surface area contributed by atoms with Gasteiger partial charge in [-0.2, -0.15) is 0 Å². The van der Waals surface area contributed by atoms with Crippen LogP contribution in [0, 0.1) is 5.41 Å². The number of nitrogens with one attached hydrogen (secondary N) is 2. The number of thiophene rings is 1. The Labute approximate surface area is 113 Å². The highest BCUT2D eigenvalue weighted by Crippen LogP contribution is 2.39. The van der Waals surface area contributed by atoms with Crippen LogP contribution in [0.15, 0.2) is 15.7 Å². The van der Waals surface area contributed by atoms with Crippen molar-refractivity contribution < 1.29 is 8.42 Å². The second-order valence-corrected chi connectivity index (χ2v) is 8.20. The standard InChI is InChI=1S/C12H20N2O2S2/c1-12(4-3-5-12)9-14-18(15,16)11-6-10(7-13-2)8-17-11/h6,8,13-14H,3-5,7,9H2,1-2H3. The highest BCUT2D eigenvalue weighted by atomic mass is 32.2. The summed E-state index contributed by atoms with van der Waals surface area (Å²) in [7, 11) is -1.48. The number of rotatable bonds is 6. The Hall–Kier alpha value is -0.430. The van der Waals surface area contributed by atoms with Crippen molar-refractivity contribution in [3.8, 4) is 0 Å². The van der Waals surface area contributed by atoms with Gasteiger partial charge in [-0.15, -0.1) is 11.3 Å². The van der Waals surface area contributed by atoms with Gasteiger partial charge in [-0.1, -0.05) is 13.3 Å². The highest BCUT2D eigenvalue weighted by Gasteiger charge is 2.33. The first-order chi connectivity index (χ1) is 8.45. The number of sulfonamides is 1. The minimum absolute atomic E-state index is 0.165. The fourth-order valence-electron chi connectivity index (χ4n) is 2.09. The average molecular weight is 288 g/mol. The molecule has 0 aromatic carbocycles. The van der Waals surface area contributed by atoms with Crippen molar-refractivity contribution in [1.82, 2.24) is 10.0 Å². The van der Waals surface area contributed by atoms with Gasteiger partial charge in [0.2, 0.25) is 10.0 Å². The van der Waals surface area contributed by atoms with Crippen molar-refractivity contribution in [1.29, 1.82) is 0 Å². The third-order valence-electron chi connectivity index (χ3n) is 3.53. The molecule has 1 aromatic heterocycles. The van der Waals surface area contributed by atoms with E-state index in [2.05, 4.69) is 17.0 Å². The summed E-state index contributed by atoms with van der Waals surface area (Å²) in [6.07, 6.45) is 3.44. The summed E-state index contributed by atoms with van der Waals surface area (Å²) in [4.78, 5) is 0. The largest absolute Gasteiger partial charge is 0.316 e. The fourth-order valence-corrected chi connectivity index (χ4v) is 4.54. The Bertz CT molecular complexity index is 504. The normalized spacial score (nSPS) is 18.6. The molecule has 0 amide bonds. The van der Waals surface area contributed by atoms with E-state index in [0.717, 1.165) is 18.4 Å². The van der Waals surface area contributed by atoms with Crippen LogP contribution in [0.4, 0.5) is 0 Å². The Morgan fingerprint density at radius 2 is 2.17 bits per heavy atom. The van der Waals surface area contributed by atoms with E-state index in [0.29, 0.717) is 17.3 Å². The van der Waals surface area contributed by atoms with E-state index in [4.69, 9.17) is 0 Å². The zero-order valence-corrected chi connectivity index (χ0v) is 12.5. The van der Waals surface area contributed by atoms with Crippen LogP contribution in [-0.2, 0) is 16.6 Å². The van der Waals surface area contributed by atoms with E-state index < -0.39 is 10.0 Å². The first-order valence-corrected chi connectivity index (χ1v) is 8.53. The molecule has 1 fully saturated rings. The van der Waals surface area contributed by atoms with Crippen molar-refractivity contribution in [2.24, 2.45) is 5.41 Å². The third-order valence-corrected chi connectivity index (χ3v) is 6.41. The molecule has 0 bridgehead atoms. The molecule has 2 N–H and O–H groups in total. The molecule has 1 aromatic rings. The van der Waals surface area contributed by atoms with E-state index in [1.807, 2.05) is 12.4 Å². The second-order valence-electron chi connectivity index (χ2n) is 5.29. The molecule has 102 valence electrons. The van der Waals surface area contributed by atoms with Crippen LogP contribution in [0.25, 0.3) is 0 Å². The van der Waals surface area contributed by atoms with Crippen LogP contribution in [0.3, 0.4) is 0 Å². The highest BCUT2D eigenvalue weighted by molar-refractivity contribution is 7.91. The predicted octanol–water partition coefficient (Wildman–Crippen LogP) is 1.94. The molecule has 4 nitrogen and oxygen atoms in total. The van der Waals surface area contributed by atoms with E-state index in [1.54, 1.807) is 6.07 Å². The molecule has 6 heteroatoms.